The van der Waals surface area contributed by atoms with Gasteiger partial charge in [-0.25, -0.2) is 4.68 Å². The maximum absolute atomic E-state index is 12.3. The molecule has 0 aliphatic carbocycles. The molecule has 2 rings (SSSR count). The van der Waals surface area contributed by atoms with Gasteiger partial charge >= 0.3 is 0 Å². The van der Waals surface area contributed by atoms with Gasteiger partial charge in [0.1, 0.15) is 0 Å². The van der Waals surface area contributed by atoms with E-state index < -0.39 is 0 Å². The van der Waals surface area contributed by atoms with Gasteiger partial charge in [0.15, 0.2) is 0 Å². The van der Waals surface area contributed by atoms with Gasteiger partial charge in [-0.2, -0.15) is 0 Å². The van der Waals surface area contributed by atoms with E-state index in [1.54, 1.807) is 4.68 Å². The zero-order valence-electron chi connectivity index (χ0n) is 13.0. The number of aromatic nitrogens is 4. The molecule has 1 fully saturated rings. The summed E-state index contributed by atoms with van der Waals surface area (Å²) in [7, 11) is 0. The Bertz CT molecular complexity index is 469. The zero-order valence-corrected chi connectivity index (χ0v) is 13.8. The quantitative estimate of drug-likeness (QED) is 0.757. The number of hydrogen-bond acceptors (Lipinski definition) is 6. The Morgan fingerprint density at radius 2 is 2.05 bits per heavy atom. The van der Waals surface area contributed by atoms with Crippen molar-refractivity contribution in [3.8, 4) is 0 Å². The Hall–Kier alpha value is -1.15. The van der Waals surface area contributed by atoms with E-state index in [0.717, 1.165) is 6.54 Å². The fraction of sp³-hybridized carbons (Fsp3) is 0.846. The van der Waals surface area contributed by atoms with Crippen LogP contribution in [0.1, 0.15) is 27.7 Å². The number of rotatable bonds is 5. The molecule has 0 radical (unpaired) electrons. The summed E-state index contributed by atoms with van der Waals surface area (Å²) in [6.07, 6.45) is 0.183. The minimum atomic E-state index is 0.0916. The Kier molecular flexibility index (Phi) is 5.58. The molecule has 2 atom stereocenters. The molecule has 0 aromatic carbocycles. The van der Waals surface area contributed by atoms with Crippen molar-refractivity contribution in [2.75, 3.05) is 18.8 Å². The van der Waals surface area contributed by atoms with Crippen LogP contribution in [0.2, 0.25) is 0 Å². The molecule has 1 aliphatic rings. The third-order valence-electron chi connectivity index (χ3n) is 3.13. The topological polar surface area (TPSA) is 73.1 Å². The van der Waals surface area contributed by atoms with Crippen LogP contribution in [0.15, 0.2) is 5.16 Å². The van der Waals surface area contributed by atoms with Gasteiger partial charge in [-0.3, -0.25) is 4.79 Å². The number of carbonyl (C=O) groups excluding carboxylic acids is 1. The van der Waals surface area contributed by atoms with Crippen molar-refractivity contribution in [3.05, 3.63) is 0 Å². The second-order valence-electron chi connectivity index (χ2n) is 5.88. The van der Waals surface area contributed by atoms with Crippen LogP contribution in [0.5, 0.6) is 0 Å². The maximum Gasteiger partial charge on any atom is 0.233 e. The Labute approximate surface area is 129 Å². The van der Waals surface area contributed by atoms with Crippen LogP contribution < -0.4 is 0 Å². The molecule has 21 heavy (non-hydrogen) atoms. The van der Waals surface area contributed by atoms with Gasteiger partial charge in [0.05, 0.1) is 18.0 Å². The maximum atomic E-state index is 12.3. The predicted octanol–water partition coefficient (Wildman–Crippen LogP) is 1.06. The first kappa shape index (κ1) is 16.2. The van der Waals surface area contributed by atoms with Crippen LogP contribution >= 0.6 is 11.8 Å². The number of hydrogen-bond donors (Lipinski definition) is 0. The summed E-state index contributed by atoms with van der Waals surface area (Å²) >= 11 is 1.39. The summed E-state index contributed by atoms with van der Waals surface area (Å²) in [6, 6.07) is 0. The summed E-state index contributed by atoms with van der Waals surface area (Å²) in [5, 5.41) is 12.3. The molecule has 1 aromatic heterocycles. The van der Waals surface area contributed by atoms with Gasteiger partial charge in [-0.05, 0) is 30.2 Å². The van der Waals surface area contributed by atoms with Crippen molar-refractivity contribution in [1.82, 2.24) is 25.1 Å². The summed E-state index contributed by atoms with van der Waals surface area (Å²) in [6.45, 7) is 10.3. The molecule has 0 bridgehead atoms. The van der Waals surface area contributed by atoms with Crippen molar-refractivity contribution in [2.24, 2.45) is 5.92 Å². The van der Waals surface area contributed by atoms with Gasteiger partial charge in [0, 0.05) is 19.6 Å². The predicted molar refractivity (Wildman–Crippen MR) is 80.0 cm³/mol. The molecule has 1 aromatic rings. The van der Waals surface area contributed by atoms with Gasteiger partial charge in [-0.1, -0.05) is 25.6 Å². The average molecular weight is 313 g/mol. The lowest BCUT2D eigenvalue weighted by atomic mass is 10.2. The molecule has 2 unspecified atom stereocenters. The Balaban J connectivity index is 1.88. The SMILES string of the molecule is CC(C)Cn1nnnc1SCC(=O)N1CC(C)OC(C)C1. The lowest BCUT2D eigenvalue weighted by molar-refractivity contribution is -0.140. The monoisotopic (exact) mass is 313 g/mol. The van der Waals surface area contributed by atoms with Crippen LogP contribution in [-0.4, -0.2) is 62.1 Å². The van der Waals surface area contributed by atoms with Gasteiger partial charge < -0.3 is 9.64 Å². The van der Waals surface area contributed by atoms with Crippen molar-refractivity contribution < 1.29 is 9.53 Å². The minimum Gasteiger partial charge on any atom is -0.372 e. The first-order chi connectivity index (χ1) is 9.95. The van der Waals surface area contributed by atoms with E-state index in [9.17, 15) is 4.79 Å². The van der Waals surface area contributed by atoms with Crippen molar-refractivity contribution >= 4 is 17.7 Å². The molecule has 2 heterocycles. The van der Waals surface area contributed by atoms with Crippen LogP contribution in [-0.2, 0) is 16.1 Å². The normalized spacial score (nSPS) is 22.8. The number of tetrazole rings is 1. The molecule has 7 nitrogen and oxygen atoms in total. The standard InChI is InChI=1S/C13H23N5O2S/c1-9(2)5-18-13(14-15-16-18)21-8-12(19)17-6-10(3)20-11(4)7-17/h9-11H,5-8H2,1-4H3. The highest BCUT2D eigenvalue weighted by molar-refractivity contribution is 7.99. The summed E-state index contributed by atoms with van der Waals surface area (Å²) in [5.74, 6) is 0.934. The number of morpholine rings is 1. The van der Waals surface area contributed by atoms with E-state index in [2.05, 4.69) is 29.4 Å². The zero-order chi connectivity index (χ0) is 15.4. The van der Waals surface area contributed by atoms with Gasteiger partial charge in [0.2, 0.25) is 11.1 Å². The first-order valence-electron chi connectivity index (χ1n) is 7.28. The molecule has 118 valence electrons. The van der Waals surface area contributed by atoms with Crippen LogP contribution in [0.4, 0.5) is 0 Å². The number of ether oxygens (including phenoxy) is 1. The fourth-order valence-corrected chi connectivity index (χ4v) is 3.15. The number of thioether (sulfide) groups is 1. The van der Waals surface area contributed by atoms with E-state index in [1.807, 2.05) is 18.7 Å². The van der Waals surface area contributed by atoms with Crippen molar-refractivity contribution in [2.45, 2.75) is 51.6 Å². The second kappa shape index (κ2) is 7.22. The van der Waals surface area contributed by atoms with Gasteiger partial charge in [0.25, 0.3) is 0 Å². The highest BCUT2D eigenvalue weighted by Gasteiger charge is 2.26. The smallest absolute Gasteiger partial charge is 0.233 e. The molecule has 8 heteroatoms. The van der Waals surface area contributed by atoms with Crippen LogP contribution in [0, 0.1) is 5.92 Å². The molecule has 0 saturated carbocycles. The molecular weight excluding hydrogens is 290 g/mol. The highest BCUT2D eigenvalue weighted by Crippen LogP contribution is 2.17. The third-order valence-corrected chi connectivity index (χ3v) is 4.08. The third kappa shape index (κ3) is 4.67. The minimum absolute atomic E-state index is 0.0916. The largest absolute Gasteiger partial charge is 0.372 e. The molecule has 0 N–H and O–H groups in total. The molecule has 1 aliphatic heterocycles. The van der Waals surface area contributed by atoms with E-state index in [4.69, 9.17) is 4.74 Å². The Morgan fingerprint density at radius 3 is 2.67 bits per heavy atom. The summed E-state index contributed by atoms with van der Waals surface area (Å²) < 4.78 is 7.40. The molecule has 1 amide bonds. The average Bonchev–Trinajstić information content (AvgIpc) is 2.81. The van der Waals surface area contributed by atoms with E-state index in [0.29, 0.717) is 29.9 Å². The van der Waals surface area contributed by atoms with Crippen molar-refractivity contribution in [1.29, 1.82) is 0 Å². The van der Waals surface area contributed by atoms with E-state index in [-0.39, 0.29) is 18.1 Å². The summed E-state index contributed by atoms with van der Waals surface area (Å²) in [4.78, 5) is 14.2. The fourth-order valence-electron chi connectivity index (χ4n) is 2.36. The van der Waals surface area contributed by atoms with E-state index in [1.165, 1.54) is 11.8 Å². The number of nitrogens with zero attached hydrogens (tertiary/aromatic N) is 5. The first-order valence-corrected chi connectivity index (χ1v) is 8.26. The van der Waals surface area contributed by atoms with Crippen LogP contribution in [0.25, 0.3) is 0 Å². The van der Waals surface area contributed by atoms with Crippen molar-refractivity contribution in [3.63, 3.8) is 0 Å². The summed E-state index contributed by atoms with van der Waals surface area (Å²) in [5.41, 5.74) is 0. The highest BCUT2D eigenvalue weighted by atomic mass is 32.2. The molecule has 0 spiro atoms. The van der Waals surface area contributed by atoms with Crippen LogP contribution in [0.3, 0.4) is 0 Å². The number of amides is 1. The lowest BCUT2D eigenvalue weighted by Crippen LogP contribution is -2.48. The number of carbonyl (C=O) groups is 1. The Morgan fingerprint density at radius 1 is 1.38 bits per heavy atom. The lowest BCUT2D eigenvalue weighted by Gasteiger charge is -2.35. The second-order valence-corrected chi connectivity index (χ2v) is 6.82. The van der Waals surface area contributed by atoms with E-state index >= 15 is 0 Å². The van der Waals surface area contributed by atoms with Gasteiger partial charge in [-0.15, -0.1) is 5.10 Å². The molecular formula is C13H23N5O2S. The molecule has 1 saturated heterocycles.